The van der Waals surface area contributed by atoms with E-state index in [1.54, 1.807) is 12.1 Å². The lowest BCUT2D eigenvalue weighted by atomic mass is 9.91. The zero-order chi connectivity index (χ0) is 19.8. The lowest BCUT2D eigenvalue weighted by Crippen LogP contribution is -2.54. The van der Waals surface area contributed by atoms with Gasteiger partial charge < -0.3 is 21.3 Å². The first kappa shape index (κ1) is 24.2. The number of nitrogens with two attached hydrogens (primary N) is 1. The SMILES string of the molecule is CCCC(NC(=O)NCc1ccc(F)cc1)C(=O)N1CCCC(C(C)N)C1.Cl. The molecule has 6 nitrogen and oxygen atoms in total. The van der Waals surface area contributed by atoms with Crippen molar-refractivity contribution in [2.75, 3.05) is 13.1 Å². The van der Waals surface area contributed by atoms with Crippen molar-refractivity contribution < 1.29 is 14.0 Å². The summed E-state index contributed by atoms with van der Waals surface area (Å²) in [4.78, 5) is 27.0. The van der Waals surface area contributed by atoms with Gasteiger partial charge >= 0.3 is 6.03 Å². The van der Waals surface area contributed by atoms with E-state index in [1.165, 1.54) is 12.1 Å². The average molecular weight is 415 g/mol. The molecule has 1 fully saturated rings. The molecule has 3 amide bonds. The monoisotopic (exact) mass is 414 g/mol. The van der Waals surface area contributed by atoms with Crippen LogP contribution in [0.1, 0.15) is 45.1 Å². The van der Waals surface area contributed by atoms with Crippen LogP contribution in [0.5, 0.6) is 0 Å². The highest BCUT2D eigenvalue weighted by atomic mass is 35.5. The molecule has 1 aliphatic rings. The molecule has 0 spiro atoms. The van der Waals surface area contributed by atoms with Gasteiger partial charge in [-0.2, -0.15) is 0 Å². The molecular weight excluding hydrogens is 383 g/mol. The third kappa shape index (κ3) is 7.28. The lowest BCUT2D eigenvalue weighted by molar-refractivity contribution is -0.135. The summed E-state index contributed by atoms with van der Waals surface area (Å²) in [7, 11) is 0. The molecule has 1 aliphatic heterocycles. The van der Waals surface area contributed by atoms with Crippen LogP contribution in [0.3, 0.4) is 0 Å². The number of urea groups is 1. The number of likely N-dealkylation sites (tertiary alicyclic amines) is 1. The van der Waals surface area contributed by atoms with E-state index in [-0.39, 0.29) is 36.7 Å². The van der Waals surface area contributed by atoms with Crippen molar-refractivity contribution in [3.63, 3.8) is 0 Å². The van der Waals surface area contributed by atoms with E-state index < -0.39 is 12.1 Å². The second-order valence-corrected chi connectivity index (χ2v) is 7.34. The fourth-order valence-electron chi connectivity index (χ4n) is 3.40. The molecule has 1 heterocycles. The van der Waals surface area contributed by atoms with Crippen molar-refractivity contribution in [3.05, 3.63) is 35.6 Å². The van der Waals surface area contributed by atoms with Crippen molar-refractivity contribution >= 4 is 24.3 Å². The minimum absolute atomic E-state index is 0. The summed E-state index contributed by atoms with van der Waals surface area (Å²) in [5.41, 5.74) is 6.80. The molecule has 4 N–H and O–H groups in total. The Morgan fingerprint density at radius 2 is 2.00 bits per heavy atom. The van der Waals surface area contributed by atoms with Crippen LogP contribution in [-0.2, 0) is 11.3 Å². The Kier molecular flexibility index (Phi) is 10.2. The number of benzene rings is 1. The highest BCUT2D eigenvalue weighted by molar-refractivity contribution is 5.87. The molecule has 2 rings (SSSR count). The minimum Gasteiger partial charge on any atom is -0.341 e. The van der Waals surface area contributed by atoms with Gasteiger partial charge in [0.2, 0.25) is 5.91 Å². The Balaban J connectivity index is 0.00000392. The number of carbonyl (C=O) groups excluding carboxylic acids is 2. The summed E-state index contributed by atoms with van der Waals surface area (Å²) in [6.07, 6.45) is 3.35. The average Bonchev–Trinajstić information content (AvgIpc) is 2.66. The largest absolute Gasteiger partial charge is 0.341 e. The number of rotatable bonds is 7. The molecule has 28 heavy (non-hydrogen) atoms. The molecule has 1 aromatic rings. The summed E-state index contributed by atoms with van der Waals surface area (Å²) in [6, 6.07) is 5.05. The Hall–Kier alpha value is -1.86. The lowest BCUT2D eigenvalue weighted by Gasteiger charge is -2.36. The molecule has 0 aromatic heterocycles. The zero-order valence-corrected chi connectivity index (χ0v) is 17.4. The molecule has 1 saturated heterocycles. The van der Waals surface area contributed by atoms with Crippen LogP contribution >= 0.6 is 12.4 Å². The molecule has 3 unspecified atom stereocenters. The molecule has 1 aromatic carbocycles. The van der Waals surface area contributed by atoms with Gasteiger partial charge in [0.15, 0.2) is 0 Å². The van der Waals surface area contributed by atoms with Crippen molar-refractivity contribution in [1.82, 2.24) is 15.5 Å². The highest BCUT2D eigenvalue weighted by Crippen LogP contribution is 2.20. The van der Waals surface area contributed by atoms with E-state index in [0.29, 0.717) is 25.4 Å². The van der Waals surface area contributed by atoms with Crippen LogP contribution < -0.4 is 16.4 Å². The second kappa shape index (κ2) is 11.9. The first-order chi connectivity index (χ1) is 12.9. The van der Waals surface area contributed by atoms with Crippen molar-refractivity contribution in [2.24, 2.45) is 11.7 Å². The number of hydrogen-bond donors (Lipinski definition) is 3. The van der Waals surface area contributed by atoms with E-state index in [2.05, 4.69) is 10.6 Å². The smallest absolute Gasteiger partial charge is 0.315 e. The van der Waals surface area contributed by atoms with Crippen LogP contribution in [0, 0.1) is 11.7 Å². The number of nitrogens with one attached hydrogen (secondary N) is 2. The molecule has 158 valence electrons. The maximum Gasteiger partial charge on any atom is 0.315 e. The van der Waals surface area contributed by atoms with Crippen LogP contribution in [0.4, 0.5) is 9.18 Å². The van der Waals surface area contributed by atoms with Gasteiger partial charge in [0, 0.05) is 25.7 Å². The van der Waals surface area contributed by atoms with Gasteiger partial charge in [0.25, 0.3) is 0 Å². The number of halogens is 2. The van der Waals surface area contributed by atoms with Gasteiger partial charge in [-0.3, -0.25) is 4.79 Å². The molecular formula is C20H32ClFN4O2. The van der Waals surface area contributed by atoms with Crippen molar-refractivity contribution in [3.8, 4) is 0 Å². The number of nitrogens with zero attached hydrogens (tertiary/aromatic N) is 1. The van der Waals surface area contributed by atoms with Crippen LogP contribution in [-0.4, -0.2) is 42.0 Å². The maximum absolute atomic E-state index is 12.9. The summed E-state index contributed by atoms with van der Waals surface area (Å²) in [5.74, 6) is -0.0557. The molecule has 3 atom stereocenters. The van der Waals surface area contributed by atoms with Crippen LogP contribution in [0.25, 0.3) is 0 Å². The molecule has 8 heteroatoms. The van der Waals surface area contributed by atoms with Gasteiger partial charge in [-0.1, -0.05) is 25.5 Å². The number of carbonyl (C=O) groups is 2. The minimum atomic E-state index is -0.546. The van der Waals surface area contributed by atoms with E-state index in [1.807, 2.05) is 18.7 Å². The predicted molar refractivity (Wildman–Crippen MR) is 111 cm³/mol. The summed E-state index contributed by atoms with van der Waals surface area (Å²) in [6.45, 7) is 5.59. The highest BCUT2D eigenvalue weighted by Gasteiger charge is 2.30. The van der Waals surface area contributed by atoms with E-state index in [4.69, 9.17) is 5.73 Å². The number of piperidine rings is 1. The van der Waals surface area contributed by atoms with Gasteiger partial charge in [-0.05, 0) is 49.8 Å². The molecule has 0 saturated carbocycles. The maximum atomic E-state index is 12.9. The van der Waals surface area contributed by atoms with Gasteiger partial charge in [-0.15, -0.1) is 12.4 Å². The van der Waals surface area contributed by atoms with Gasteiger partial charge in [0.05, 0.1) is 0 Å². The zero-order valence-electron chi connectivity index (χ0n) is 16.6. The Morgan fingerprint density at radius 1 is 1.32 bits per heavy atom. The summed E-state index contributed by atoms with van der Waals surface area (Å²) < 4.78 is 12.9. The third-order valence-corrected chi connectivity index (χ3v) is 5.06. The van der Waals surface area contributed by atoms with Crippen molar-refractivity contribution in [2.45, 2.75) is 58.2 Å². The van der Waals surface area contributed by atoms with Crippen LogP contribution in [0.2, 0.25) is 0 Å². The fraction of sp³-hybridized carbons (Fsp3) is 0.600. The Bertz CT molecular complexity index is 627. The van der Waals surface area contributed by atoms with E-state index >= 15 is 0 Å². The van der Waals surface area contributed by atoms with Crippen LogP contribution in [0.15, 0.2) is 24.3 Å². The summed E-state index contributed by atoms with van der Waals surface area (Å²) >= 11 is 0. The summed E-state index contributed by atoms with van der Waals surface area (Å²) in [5, 5.41) is 5.52. The predicted octanol–water partition coefficient (Wildman–Crippen LogP) is 2.80. The normalized spacial score (nSPS) is 18.6. The molecule has 0 aliphatic carbocycles. The Morgan fingerprint density at radius 3 is 2.61 bits per heavy atom. The second-order valence-electron chi connectivity index (χ2n) is 7.34. The number of hydrogen-bond acceptors (Lipinski definition) is 3. The fourth-order valence-corrected chi connectivity index (χ4v) is 3.40. The Labute approximate surface area is 172 Å². The quantitative estimate of drug-likeness (QED) is 0.641. The first-order valence-corrected chi connectivity index (χ1v) is 9.73. The van der Waals surface area contributed by atoms with E-state index in [9.17, 15) is 14.0 Å². The standard InChI is InChI=1S/C20H31FN4O2.ClH/c1-3-5-18(19(26)25-11-4-6-16(13-25)14(2)22)24-20(27)23-12-15-7-9-17(21)10-8-15;/h7-10,14,16,18H,3-6,11-13,22H2,1-2H3,(H2,23,24,27);1H. The van der Waals surface area contributed by atoms with Crippen molar-refractivity contribution in [1.29, 1.82) is 0 Å². The van der Waals surface area contributed by atoms with Gasteiger partial charge in [0.1, 0.15) is 11.9 Å². The third-order valence-electron chi connectivity index (χ3n) is 5.06. The van der Waals surface area contributed by atoms with E-state index in [0.717, 1.165) is 24.8 Å². The topological polar surface area (TPSA) is 87.5 Å². The first-order valence-electron chi connectivity index (χ1n) is 9.73. The number of amides is 3. The molecule has 0 bridgehead atoms. The van der Waals surface area contributed by atoms with Gasteiger partial charge in [-0.25, -0.2) is 9.18 Å². The molecule has 0 radical (unpaired) electrons.